The number of halogens is 1. The number of aliphatic hydroxyl groups is 2. The van der Waals surface area contributed by atoms with Crippen LogP contribution in [-0.4, -0.2) is 69.3 Å². The molecule has 0 spiro atoms. The van der Waals surface area contributed by atoms with E-state index in [2.05, 4.69) is 9.89 Å². The summed E-state index contributed by atoms with van der Waals surface area (Å²) in [5, 5.41) is 20.7. The van der Waals surface area contributed by atoms with E-state index in [0.29, 0.717) is 0 Å². The molecule has 6 unspecified atom stereocenters. The number of amidine groups is 1. The molecule has 3 rings (SSSR count). The van der Waals surface area contributed by atoms with Crippen LogP contribution in [0.4, 0.5) is 4.39 Å². The van der Waals surface area contributed by atoms with E-state index in [1.165, 1.54) is 18.7 Å². The Labute approximate surface area is 109 Å². The highest BCUT2D eigenvalue weighted by molar-refractivity contribution is 8.14. The average molecular weight is 276 g/mol. The van der Waals surface area contributed by atoms with E-state index in [1.807, 2.05) is 0 Å². The number of aliphatic imine (C=N–C) groups is 1. The third-order valence-corrected chi connectivity index (χ3v) is 4.86. The molecule has 0 amide bonds. The summed E-state index contributed by atoms with van der Waals surface area (Å²) >= 11 is 1.42. The Hall–Kier alpha value is -0.370. The zero-order chi connectivity index (χ0) is 12.9. The molecule has 0 aromatic heterocycles. The Morgan fingerprint density at radius 3 is 2.72 bits per heavy atom. The SMILES string of the molecule is CC(F)C1OC2SC(N3CCC3)=NC2C(O)C1O. The number of rotatable bonds is 1. The van der Waals surface area contributed by atoms with Crippen LogP contribution in [-0.2, 0) is 4.74 Å². The molecule has 102 valence electrons. The van der Waals surface area contributed by atoms with Crippen LogP contribution in [0.2, 0.25) is 0 Å². The second-order valence-electron chi connectivity index (χ2n) is 4.99. The first-order valence-electron chi connectivity index (χ1n) is 6.23. The van der Waals surface area contributed by atoms with E-state index in [0.717, 1.165) is 24.7 Å². The molecule has 0 saturated carbocycles. The van der Waals surface area contributed by atoms with E-state index in [9.17, 15) is 14.6 Å². The maximum atomic E-state index is 13.3. The zero-order valence-corrected chi connectivity index (χ0v) is 10.9. The van der Waals surface area contributed by atoms with Crippen molar-refractivity contribution in [3.05, 3.63) is 0 Å². The number of nitrogens with zero attached hydrogens (tertiary/aromatic N) is 2. The molecule has 0 radical (unpaired) electrons. The molecule has 2 fully saturated rings. The van der Waals surface area contributed by atoms with E-state index in [4.69, 9.17) is 4.74 Å². The van der Waals surface area contributed by atoms with Gasteiger partial charge in [0.2, 0.25) is 0 Å². The minimum absolute atomic E-state index is 0.387. The van der Waals surface area contributed by atoms with Gasteiger partial charge in [0.05, 0.1) is 0 Å². The number of hydrogen-bond donors (Lipinski definition) is 2. The molecule has 2 saturated heterocycles. The van der Waals surface area contributed by atoms with Gasteiger partial charge in [-0.3, -0.25) is 4.99 Å². The molecule has 3 aliphatic heterocycles. The highest BCUT2D eigenvalue weighted by Gasteiger charge is 2.50. The number of hydrogen-bond acceptors (Lipinski definition) is 6. The lowest BCUT2D eigenvalue weighted by Gasteiger charge is -2.38. The molecule has 0 bridgehead atoms. The molecule has 2 N–H and O–H groups in total. The van der Waals surface area contributed by atoms with Crippen LogP contribution >= 0.6 is 11.8 Å². The van der Waals surface area contributed by atoms with Crippen molar-refractivity contribution in [2.45, 2.75) is 49.3 Å². The molecule has 5 nitrogen and oxygen atoms in total. The lowest BCUT2D eigenvalue weighted by Crippen LogP contribution is -2.57. The number of aliphatic hydroxyl groups excluding tert-OH is 2. The number of fused-ring (bicyclic) bond motifs is 1. The number of ether oxygens (including phenoxy) is 1. The van der Waals surface area contributed by atoms with Gasteiger partial charge in [-0.05, 0) is 13.3 Å². The van der Waals surface area contributed by atoms with Gasteiger partial charge in [-0.2, -0.15) is 0 Å². The summed E-state index contributed by atoms with van der Waals surface area (Å²) in [7, 11) is 0. The van der Waals surface area contributed by atoms with Crippen LogP contribution in [0.1, 0.15) is 13.3 Å². The van der Waals surface area contributed by atoms with Crippen LogP contribution in [0.25, 0.3) is 0 Å². The number of thioether (sulfide) groups is 1. The molecule has 6 atom stereocenters. The molecule has 0 aromatic rings. The molecule has 3 heterocycles. The molecular formula is C11H17FN2O3S. The van der Waals surface area contributed by atoms with Crippen molar-refractivity contribution in [1.82, 2.24) is 4.90 Å². The monoisotopic (exact) mass is 276 g/mol. The van der Waals surface area contributed by atoms with Crippen molar-refractivity contribution in [2.24, 2.45) is 4.99 Å². The summed E-state index contributed by atoms with van der Waals surface area (Å²) in [5.41, 5.74) is -0.387. The molecular weight excluding hydrogens is 259 g/mol. The lowest BCUT2D eigenvalue weighted by atomic mass is 9.96. The largest absolute Gasteiger partial charge is 0.388 e. The van der Waals surface area contributed by atoms with Crippen molar-refractivity contribution in [3.63, 3.8) is 0 Å². The quantitative estimate of drug-likeness (QED) is 0.704. The fourth-order valence-corrected chi connectivity index (χ4v) is 3.68. The molecule has 0 aliphatic carbocycles. The molecule has 3 aliphatic rings. The third kappa shape index (κ3) is 1.93. The van der Waals surface area contributed by atoms with E-state index < -0.39 is 30.5 Å². The molecule has 7 heteroatoms. The lowest BCUT2D eigenvalue weighted by molar-refractivity contribution is -0.170. The topological polar surface area (TPSA) is 65.3 Å². The Morgan fingerprint density at radius 1 is 1.44 bits per heavy atom. The second-order valence-corrected chi connectivity index (χ2v) is 6.05. The first kappa shape index (κ1) is 12.7. The fourth-order valence-electron chi connectivity index (χ4n) is 2.41. The van der Waals surface area contributed by atoms with Gasteiger partial charge in [-0.15, -0.1) is 0 Å². The van der Waals surface area contributed by atoms with Gasteiger partial charge in [0, 0.05) is 13.1 Å². The average Bonchev–Trinajstić information content (AvgIpc) is 2.64. The summed E-state index contributed by atoms with van der Waals surface area (Å²) in [6.07, 6.45) is -3.42. The third-order valence-electron chi connectivity index (χ3n) is 3.67. The van der Waals surface area contributed by atoms with Crippen LogP contribution in [0.3, 0.4) is 0 Å². The summed E-state index contributed by atoms with van der Waals surface area (Å²) in [6.45, 7) is 3.26. The Balaban J connectivity index is 1.75. The summed E-state index contributed by atoms with van der Waals surface area (Å²) in [5.74, 6) is 0. The van der Waals surface area contributed by atoms with Crippen LogP contribution in [0, 0.1) is 0 Å². The first-order valence-corrected chi connectivity index (χ1v) is 7.11. The highest BCUT2D eigenvalue weighted by Crippen LogP contribution is 2.39. The van der Waals surface area contributed by atoms with Gasteiger partial charge in [0.1, 0.15) is 36.0 Å². The summed E-state index contributed by atoms with van der Waals surface area (Å²) in [4.78, 5) is 6.52. The maximum Gasteiger partial charge on any atom is 0.162 e. The van der Waals surface area contributed by atoms with Gasteiger partial charge < -0.3 is 19.8 Å². The van der Waals surface area contributed by atoms with Crippen molar-refractivity contribution in [1.29, 1.82) is 0 Å². The predicted octanol–water partition coefficient (Wildman–Crippen LogP) is -0.0318. The van der Waals surface area contributed by atoms with E-state index >= 15 is 0 Å². The van der Waals surface area contributed by atoms with E-state index in [-0.39, 0.29) is 5.44 Å². The van der Waals surface area contributed by atoms with Gasteiger partial charge in [-0.1, -0.05) is 11.8 Å². The second kappa shape index (κ2) is 4.63. The fraction of sp³-hybridized carbons (Fsp3) is 0.909. The minimum atomic E-state index is -1.32. The van der Waals surface area contributed by atoms with Crippen molar-refractivity contribution < 1.29 is 19.3 Å². The van der Waals surface area contributed by atoms with Crippen molar-refractivity contribution in [2.75, 3.05) is 13.1 Å². The van der Waals surface area contributed by atoms with Crippen molar-refractivity contribution >= 4 is 16.9 Å². The smallest absolute Gasteiger partial charge is 0.162 e. The number of likely N-dealkylation sites (tertiary alicyclic amines) is 1. The van der Waals surface area contributed by atoms with Gasteiger partial charge in [-0.25, -0.2) is 4.39 Å². The zero-order valence-electron chi connectivity index (χ0n) is 10.1. The van der Waals surface area contributed by atoms with Crippen LogP contribution in [0.15, 0.2) is 4.99 Å². The van der Waals surface area contributed by atoms with Crippen LogP contribution in [0.5, 0.6) is 0 Å². The maximum absolute atomic E-state index is 13.3. The summed E-state index contributed by atoms with van der Waals surface area (Å²) < 4.78 is 18.9. The Morgan fingerprint density at radius 2 is 2.17 bits per heavy atom. The van der Waals surface area contributed by atoms with Gasteiger partial charge in [0.15, 0.2) is 5.17 Å². The summed E-state index contributed by atoms with van der Waals surface area (Å²) in [6, 6.07) is -0.490. The minimum Gasteiger partial charge on any atom is -0.388 e. The standard InChI is InChI=1S/C11H17FN2O3S/c1-5(12)9-8(16)7(15)6-10(17-9)18-11(13-6)14-3-2-4-14/h5-10,15-16H,2-4H2,1H3. The van der Waals surface area contributed by atoms with E-state index in [1.54, 1.807) is 0 Å². The molecule has 18 heavy (non-hydrogen) atoms. The highest BCUT2D eigenvalue weighted by atomic mass is 32.2. The first-order chi connectivity index (χ1) is 8.58. The molecule has 0 aromatic carbocycles. The number of alkyl halides is 1. The van der Waals surface area contributed by atoms with Crippen LogP contribution < -0.4 is 0 Å². The Bertz CT molecular complexity index is 364. The predicted molar refractivity (Wildman–Crippen MR) is 66.2 cm³/mol. The van der Waals surface area contributed by atoms with Gasteiger partial charge >= 0.3 is 0 Å². The Kier molecular flexibility index (Phi) is 3.25. The normalized spacial score (nSPS) is 45.2. The van der Waals surface area contributed by atoms with Gasteiger partial charge in [0.25, 0.3) is 0 Å². The van der Waals surface area contributed by atoms with Crippen molar-refractivity contribution in [3.8, 4) is 0 Å².